The van der Waals surface area contributed by atoms with Gasteiger partial charge in [0, 0.05) is 31.9 Å². The van der Waals surface area contributed by atoms with E-state index in [9.17, 15) is 0 Å². The van der Waals surface area contributed by atoms with Gasteiger partial charge in [0.15, 0.2) is 0 Å². The molecule has 2 aromatic heterocycles. The number of nitrogens with zero attached hydrogens (tertiary/aromatic N) is 4. The first-order valence-corrected chi connectivity index (χ1v) is 12.3. The third-order valence-electron chi connectivity index (χ3n) is 7.32. The van der Waals surface area contributed by atoms with Gasteiger partial charge in [-0.15, -0.1) is 0 Å². The molecule has 0 saturated carbocycles. The Balaban J connectivity index is 1.80. The molecule has 176 valence electrons. The van der Waals surface area contributed by atoms with Crippen LogP contribution in [0.2, 0.25) is 0 Å². The Hall–Kier alpha value is -3.66. The van der Waals surface area contributed by atoms with Crippen molar-refractivity contribution in [1.29, 1.82) is 0 Å². The molecule has 4 nitrogen and oxygen atoms in total. The molecule has 35 heavy (non-hydrogen) atoms. The van der Waals surface area contributed by atoms with Crippen LogP contribution < -0.4 is 4.57 Å². The van der Waals surface area contributed by atoms with Crippen LogP contribution >= 0.6 is 0 Å². The minimum Gasteiger partial charge on any atom is -0.302 e. The highest BCUT2D eigenvalue weighted by molar-refractivity contribution is 6.13. The van der Waals surface area contributed by atoms with Crippen LogP contribution in [0.3, 0.4) is 0 Å². The molecule has 3 heterocycles. The third kappa shape index (κ3) is 3.12. The Labute approximate surface area is 210 Å². The molecule has 1 aliphatic rings. The van der Waals surface area contributed by atoms with Crippen molar-refractivity contribution in [3.8, 4) is 17.1 Å². The Morgan fingerprint density at radius 2 is 1.66 bits per heavy atom. The lowest BCUT2D eigenvalue weighted by atomic mass is 9.92. The number of aromatic nitrogens is 4. The molecule has 0 spiro atoms. The van der Waals surface area contributed by atoms with E-state index in [4.69, 9.17) is 7.73 Å². The highest BCUT2D eigenvalue weighted by atomic mass is 15.2. The van der Waals surface area contributed by atoms with Gasteiger partial charge in [-0.3, -0.25) is 0 Å². The predicted molar refractivity (Wildman–Crippen MR) is 145 cm³/mol. The summed E-state index contributed by atoms with van der Waals surface area (Å²) in [5.74, 6) is 0.378. The molecule has 0 saturated heterocycles. The van der Waals surface area contributed by atoms with Gasteiger partial charge in [0.2, 0.25) is 0 Å². The standard InChI is InChI=1S/C31H33N4/c1-19(2)22-13-9-14-23(20(3)4)29(22)35-18-17-33(6)31(35)27-21(5)24-11-7-8-12-25(24)28-30(27)34-16-10-15-26(34)32-28/h7-14,16-20H,15H2,1-6H3/q+1/i19D,20D. The van der Waals surface area contributed by atoms with Gasteiger partial charge in [-0.1, -0.05) is 76.2 Å². The number of rotatable bonds is 4. The summed E-state index contributed by atoms with van der Waals surface area (Å²) in [5, 5.41) is 2.35. The molecule has 0 fully saturated rings. The molecule has 4 heteroatoms. The maximum Gasteiger partial charge on any atom is 0.296 e. The minimum atomic E-state index is -0.842. The van der Waals surface area contributed by atoms with Gasteiger partial charge >= 0.3 is 0 Å². The molecule has 0 unspecified atom stereocenters. The van der Waals surface area contributed by atoms with Crippen molar-refractivity contribution in [2.75, 3.05) is 0 Å². The number of imidazole rings is 2. The second kappa shape index (κ2) is 7.94. The number of fused-ring (bicyclic) bond motifs is 5. The Morgan fingerprint density at radius 3 is 2.34 bits per heavy atom. The van der Waals surface area contributed by atoms with Crippen molar-refractivity contribution in [2.24, 2.45) is 7.05 Å². The fraction of sp³-hybridized carbons (Fsp3) is 0.290. The minimum absolute atomic E-state index is 0.821. The van der Waals surface area contributed by atoms with Crippen LogP contribution in [0.4, 0.5) is 0 Å². The normalized spacial score (nSPS) is 14.6. The van der Waals surface area contributed by atoms with E-state index in [-0.39, 0.29) is 0 Å². The highest BCUT2D eigenvalue weighted by Gasteiger charge is 2.31. The van der Waals surface area contributed by atoms with E-state index in [1.54, 1.807) is 0 Å². The van der Waals surface area contributed by atoms with E-state index in [0.29, 0.717) is 0 Å². The monoisotopic (exact) mass is 463 g/mol. The lowest BCUT2D eigenvalue weighted by molar-refractivity contribution is -0.659. The fourth-order valence-electron chi connectivity index (χ4n) is 5.64. The van der Waals surface area contributed by atoms with E-state index in [1.807, 2.05) is 45.9 Å². The largest absolute Gasteiger partial charge is 0.302 e. The van der Waals surface area contributed by atoms with Crippen molar-refractivity contribution in [3.05, 3.63) is 83.4 Å². The van der Waals surface area contributed by atoms with Crippen LogP contribution in [0.25, 0.3) is 45.1 Å². The molecule has 6 rings (SSSR count). The molecule has 0 amide bonds. The Kier molecular flexibility index (Phi) is 4.45. The highest BCUT2D eigenvalue weighted by Crippen LogP contribution is 2.41. The van der Waals surface area contributed by atoms with Crippen LogP contribution in [0.5, 0.6) is 0 Å². The molecular formula is C31H33N4+. The second-order valence-corrected chi connectivity index (χ2v) is 10.0. The fourth-order valence-corrected chi connectivity index (χ4v) is 5.64. The zero-order valence-corrected chi connectivity index (χ0v) is 21.3. The number of allylic oxidation sites excluding steroid dienone is 1. The topological polar surface area (TPSA) is 26.6 Å². The summed E-state index contributed by atoms with van der Waals surface area (Å²) >= 11 is 0. The van der Waals surface area contributed by atoms with Gasteiger partial charge in [-0.25, -0.2) is 9.55 Å². The summed E-state index contributed by atoms with van der Waals surface area (Å²) < 4.78 is 24.6. The van der Waals surface area contributed by atoms with E-state index in [1.165, 1.54) is 10.9 Å². The molecule has 0 N–H and O–H groups in total. The first kappa shape index (κ1) is 19.6. The van der Waals surface area contributed by atoms with Gasteiger partial charge in [-0.2, -0.15) is 4.57 Å². The maximum atomic E-state index is 9.00. The predicted octanol–water partition coefficient (Wildman–Crippen LogP) is 7.05. The molecule has 0 radical (unpaired) electrons. The van der Waals surface area contributed by atoms with E-state index >= 15 is 0 Å². The summed E-state index contributed by atoms with van der Waals surface area (Å²) in [6, 6.07) is 14.6. The van der Waals surface area contributed by atoms with E-state index in [0.717, 1.165) is 56.9 Å². The van der Waals surface area contributed by atoms with Crippen molar-refractivity contribution in [1.82, 2.24) is 14.1 Å². The Morgan fingerprint density at radius 1 is 0.971 bits per heavy atom. The molecule has 1 aliphatic heterocycles. The summed E-state index contributed by atoms with van der Waals surface area (Å²) in [6.45, 7) is 9.88. The van der Waals surface area contributed by atoms with Gasteiger partial charge < -0.3 is 4.57 Å². The van der Waals surface area contributed by atoms with Crippen LogP contribution in [-0.2, 0) is 13.5 Å². The van der Waals surface area contributed by atoms with Crippen molar-refractivity contribution < 1.29 is 7.31 Å². The van der Waals surface area contributed by atoms with Crippen molar-refractivity contribution in [2.45, 2.75) is 52.8 Å². The molecule has 0 bridgehead atoms. The first-order valence-electron chi connectivity index (χ1n) is 13.3. The van der Waals surface area contributed by atoms with E-state index < -0.39 is 11.8 Å². The van der Waals surface area contributed by atoms with Gasteiger partial charge in [0.05, 0.1) is 23.6 Å². The third-order valence-corrected chi connectivity index (χ3v) is 7.32. The quantitative estimate of drug-likeness (QED) is 0.262. The SMILES string of the molecule is [2H]C(C)(C)c1cccc(C([2H])(C)C)c1-n1cc[n+](C)c1-c1c(C)c2ccccc2c2nc3n(c12)C=CC3. The zero-order valence-electron chi connectivity index (χ0n) is 23.3. The second-order valence-electron chi connectivity index (χ2n) is 10.0. The van der Waals surface area contributed by atoms with Crippen molar-refractivity contribution >= 4 is 28.0 Å². The summed E-state index contributed by atoms with van der Waals surface area (Å²) in [6.07, 6.45) is 9.26. The number of para-hydroxylation sites is 1. The van der Waals surface area contributed by atoms with E-state index in [2.05, 4.69) is 76.6 Å². The van der Waals surface area contributed by atoms with Crippen LogP contribution in [-0.4, -0.2) is 14.1 Å². The number of benzene rings is 3. The van der Waals surface area contributed by atoms with Crippen molar-refractivity contribution in [3.63, 3.8) is 0 Å². The average Bonchev–Trinajstić information content (AvgIpc) is 3.53. The number of hydrogen-bond donors (Lipinski definition) is 0. The average molecular weight is 464 g/mol. The lowest BCUT2D eigenvalue weighted by Gasteiger charge is -2.19. The Bertz CT molecular complexity index is 1710. The molecule has 0 aliphatic carbocycles. The number of aryl methyl sites for hydroxylation is 2. The smallest absolute Gasteiger partial charge is 0.296 e. The molecular weight excluding hydrogens is 428 g/mol. The van der Waals surface area contributed by atoms with Crippen LogP contribution in [0.1, 0.15) is 64.7 Å². The van der Waals surface area contributed by atoms with Crippen LogP contribution in [0, 0.1) is 6.92 Å². The molecule has 0 atom stereocenters. The molecule has 5 aromatic rings. The first-order chi connectivity index (χ1) is 17.5. The van der Waals surface area contributed by atoms with Gasteiger partial charge in [-0.05, 0) is 29.7 Å². The summed E-state index contributed by atoms with van der Waals surface area (Å²) in [5.41, 5.74) is 7.14. The molecule has 3 aromatic carbocycles. The zero-order chi connectivity index (χ0) is 26.3. The lowest BCUT2D eigenvalue weighted by Crippen LogP contribution is -2.30. The maximum absolute atomic E-state index is 9.00. The number of hydrogen-bond acceptors (Lipinski definition) is 1. The summed E-state index contributed by atoms with van der Waals surface area (Å²) in [4.78, 5) is 5.10. The van der Waals surface area contributed by atoms with Gasteiger partial charge in [0.1, 0.15) is 23.9 Å². The van der Waals surface area contributed by atoms with Gasteiger partial charge in [0.25, 0.3) is 5.82 Å². The summed E-state index contributed by atoms with van der Waals surface area (Å²) in [7, 11) is 2.07. The van der Waals surface area contributed by atoms with Crippen LogP contribution in [0.15, 0.2) is 60.9 Å².